The number of halogens is 1. The molecule has 0 unspecified atom stereocenters. The van der Waals surface area contributed by atoms with Crippen LogP contribution in [0, 0.1) is 26.2 Å². The van der Waals surface area contributed by atoms with Crippen LogP contribution in [0.1, 0.15) is 34.4 Å². The number of nitrogens with one attached hydrogen (secondary N) is 1. The summed E-state index contributed by atoms with van der Waals surface area (Å²) in [6.07, 6.45) is 5.28. The highest BCUT2D eigenvalue weighted by atomic mass is 127. The molecule has 2 N–H and O–H groups in total. The molecule has 9 heteroatoms. The molecular formula is C21H16IN3O4S. The van der Waals surface area contributed by atoms with Crippen LogP contribution < -0.4 is 10.1 Å². The summed E-state index contributed by atoms with van der Waals surface area (Å²) in [5.41, 5.74) is 2.01. The number of fused-ring (bicyclic) bond motifs is 1. The summed E-state index contributed by atoms with van der Waals surface area (Å²) in [6.45, 7) is -0.455. The van der Waals surface area contributed by atoms with Gasteiger partial charge in [0.1, 0.15) is 28.5 Å². The first-order chi connectivity index (χ1) is 14.4. The van der Waals surface area contributed by atoms with Crippen molar-refractivity contribution in [3.8, 4) is 17.9 Å². The lowest BCUT2D eigenvalue weighted by atomic mass is 9.96. The van der Waals surface area contributed by atoms with Gasteiger partial charge in [0.2, 0.25) is 0 Å². The number of hydrogen-bond donors (Lipinski definition) is 2. The fourth-order valence-electron chi connectivity index (χ4n) is 3.12. The lowest BCUT2D eigenvalue weighted by Gasteiger charge is -2.09. The first kappa shape index (κ1) is 21.8. The van der Waals surface area contributed by atoms with E-state index in [9.17, 15) is 20.1 Å². The van der Waals surface area contributed by atoms with Gasteiger partial charge in [0.25, 0.3) is 5.91 Å². The predicted octanol–water partition coefficient (Wildman–Crippen LogP) is 4.11. The summed E-state index contributed by atoms with van der Waals surface area (Å²) in [4.78, 5) is 24.4. The number of aliphatic carboxylic acids is 1. The van der Waals surface area contributed by atoms with E-state index in [1.54, 1.807) is 18.2 Å². The van der Waals surface area contributed by atoms with Crippen LogP contribution in [0.2, 0.25) is 0 Å². The van der Waals surface area contributed by atoms with E-state index < -0.39 is 18.5 Å². The van der Waals surface area contributed by atoms with Crippen molar-refractivity contribution < 1.29 is 19.4 Å². The van der Waals surface area contributed by atoms with Gasteiger partial charge in [-0.15, -0.1) is 11.3 Å². The summed E-state index contributed by atoms with van der Waals surface area (Å²) < 4.78 is 5.83. The number of carbonyl (C=O) groups excluding carboxylic acids is 1. The third kappa shape index (κ3) is 4.99. The summed E-state index contributed by atoms with van der Waals surface area (Å²) in [5.74, 6) is -1.25. The molecule has 1 heterocycles. The van der Waals surface area contributed by atoms with Crippen molar-refractivity contribution in [2.24, 2.45) is 0 Å². The number of anilines is 1. The molecule has 0 bridgehead atoms. The van der Waals surface area contributed by atoms with Gasteiger partial charge in [0.15, 0.2) is 6.61 Å². The number of carboxylic acids is 1. The van der Waals surface area contributed by atoms with Gasteiger partial charge in [0, 0.05) is 4.88 Å². The highest BCUT2D eigenvalue weighted by molar-refractivity contribution is 14.1. The van der Waals surface area contributed by atoms with Crippen molar-refractivity contribution in [2.45, 2.75) is 25.7 Å². The number of thiophene rings is 1. The minimum absolute atomic E-state index is 0.0970. The Morgan fingerprint density at radius 2 is 2.07 bits per heavy atom. The Balaban J connectivity index is 1.80. The van der Waals surface area contributed by atoms with E-state index in [4.69, 9.17) is 9.84 Å². The van der Waals surface area contributed by atoms with E-state index in [-0.39, 0.29) is 5.57 Å². The van der Waals surface area contributed by atoms with E-state index in [0.717, 1.165) is 36.1 Å². The third-order valence-corrected chi connectivity index (χ3v) is 6.54. The zero-order valence-corrected chi connectivity index (χ0v) is 18.7. The first-order valence-electron chi connectivity index (χ1n) is 9.05. The van der Waals surface area contributed by atoms with E-state index in [1.165, 1.54) is 17.4 Å². The van der Waals surface area contributed by atoms with E-state index in [1.807, 2.05) is 28.7 Å². The molecule has 2 aromatic rings. The Morgan fingerprint density at radius 1 is 1.30 bits per heavy atom. The number of benzene rings is 1. The maximum atomic E-state index is 12.7. The molecule has 0 aliphatic heterocycles. The standard InChI is InChI=1S/C21H16IN3O4S/c22-16-8-12(5-6-17(16)29-11-19(26)27)7-13(9-23)20(28)25-21-15(10-24)14-3-1-2-4-18(14)30-21/h5-8H,1-4,11H2,(H,25,28)(H,26,27)/b13-7+. The monoisotopic (exact) mass is 533 g/mol. The third-order valence-electron chi connectivity index (χ3n) is 4.49. The molecule has 1 aromatic heterocycles. The van der Waals surface area contributed by atoms with E-state index >= 15 is 0 Å². The van der Waals surface area contributed by atoms with Crippen molar-refractivity contribution in [2.75, 3.05) is 11.9 Å². The van der Waals surface area contributed by atoms with Crippen LogP contribution >= 0.6 is 33.9 Å². The molecule has 1 aromatic carbocycles. The molecule has 1 aliphatic carbocycles. The Kier molecular flexibility index (Phi) is 7.08. The molecule has 0 radical (unpaired) electrons. The van der Waals surface area contributed by atoms with Crippen molar-refractivity contribution in [3.05, 3.63) is 48.9 Å². The maximum absolute atomic E-state index is 12.7. The van der Waals surface area contributed by atoms with Crippen LogP contribution in [-0.4, -0.2) is 23.6 Å². The van der Waals surface area contributed by atoms with Crippen LogP contribution in [0.15, 0.2) is 23.8 Å². The Labute approximate surface area is 190 Å². The Hall–Kier alpha value is -2.89. The molecule has 1 aliphatic rings. The zero-order chi connectivity index (χ0) is 21.7. The van der Waals surface area contributed by atoms with Gasteiger partial charge in [-0.3, -0.25) is 4.79 Å². The van der Waals surface area contributed by atoms with Gasteiger partial charge in [-0.2, -0.15) is 10.5 Å². The van der Waals surface area contributed by atoms with Crippen LogP contribution in [0.5, 0.6) is 5.75 Å². The topological polar surface area (TPSA) is 123 Å². The fraction of sp³-hybridized carbons (Fsp3) is 0.238. The van der Waals surface area contributed by atoms with Gasteiger partial charge in [-0.05, 0) is 77.6 Å². The summed E-state index contributed by atoms with van der Waals surface area (Å²) >= 11 is 3.40. The number of hydrogen-bond acceptors (Lipinski definition) is 6. The molecular weight excluding hydrogens is 517 g/mol. The number of carboxylic acid groups (broad SMARTS) is 1. The van der Waals surface area contributed by atoms with Crippen LogP contribution in [0.4, 0.5) is 5.00 Å². The number of ether oxygens (including phenoxy) is 1. The van der Waals surface area contributed by atoms with Crippen molar-refractivity contribution in [3.63, 3.8) is 0 Å². The largest absolute Gasteiger partial charge is 0.481 e. The average Bonchev–Trinajstić information content (AvgIpc) is 3.07. The summed E-state index contributed by atoms with van der Waals surface area (Å²) in [5, 5.41) is 30.9. The summed E-state index contributed by atoms with van der Waals surface area (Å²) in [6, 6.07) is 9.00. The highest BCUT2D eigenvalue weighted by Crippen LogP contribution is 2.37. The van der Waals surface area contributed by atoms with Crippen LogP contribution in [-0.2, 0) is 22.4 Å². The van der Waals surface area contributed by atoms with Crippen LogP contribution in [0.25, 0.3) is 6.08 Å². The molecule has 7 nitrogen and oxygen atoms in total. The second-order valence-electron chi connectivity index (χ2n) is 6.52. The molecule has 0 spiro atoms. The highest BCUT2D eigenvalue weighted by Gasteiger charge is 2.22. The minimum Gasteiger partial charge on any atom is -0.481 e. The molecule has 152 valence electrons. The fourth-order valence-corrected chi connectivity index (χ4v) is 5.05. The van der Waals surface area contributed by atoms with Crippen molar-refractivity contribution in [1.82, 2.24) is 0 Å². The number of amides is 1. The van der Waals surface area contributed by atoms with Gasteiger partial charge in [0.05, 0.1) is 9.13 Å². The number of rotatable bonds is 6. The molecule has 0 atom stereocenters. The van der Waals surface area contributed by atoms with Gasteiger partial charge in [-0.1, -0.05) is 6.07 Å². The number of carbonyl (C=O) groups is 2. The maximum Gasteiger partial charge on any atom is 0.341 e. The normalized spacial score (nSPS) is 13.0. The SMILES string of the molecule is N#C/C(=C\c1ccc(OCC(=O)O)c(I)c1)C(=O)Nc1sc2c(c1C#N)CCCC2. The van der Waals surface area contributed by atoms with E-state index in [0.29, 0.717) is 25.4 Å². The molecule has 3 rings (SSSR count). The second kappa shape index (κ2) is 9.74. The second-order valence-corrected chi connectivity index (χ2v) is 8.79. The van der Waals surface area contributed by atoms with Gasteiger partial charge < -0.3 is 15.2 Å². The summed E-state index contributed by atoms with van der Waals surface area (Å²) in [7, 11) is 0. The Bertz CT molecular complexity index is 1120. The first-order valence-corrected chi connectivity index (χ1v) is 10.9. The van der Waals surface area contributed by atoms with Crippen molar-refractivity contribution in [1.29, 1.82) is 10.5 Å². The molecule has 0 fully saturated rings. The number of nitriles is 2. The Morgan fingerprint density at radius 3 is 2.73 bits per heavy atom. The van der Waals surface area contributed by atoms with Gasteiger partial charge >= 0.3 is 5.97 Å². The lowest BCUT2D eigenvalue weighted by Crippen LogP contribution is -2.13. The van der Waals surface area contributed by atoms with Gasteiger partial charge in [-0.25, -0.2) is 4.79 Å². The minimum atomic E-state index is -1.08. The zero-order valence-electron chi connectivity index (χ0n) is 15.7. The average molecular weight is 533 g/mol. The number of nitrogens with zero attached hydrogens (tertiary/aromatic N) is 2. The van der Waals surface area contributed by atoms with Crippen molar-refractivity contribution >= 4 is 56.9 Å². The number of aryl methyl sites for hydroxylation is 1. The molecule has 1 amide bonds. The van der Waals surface area contributed by atoms with Crippen LogP contribution in [0.3, 0.4) is 0 Å². The lowest BCUT2D eigenvalue weighted by molar-refractivity contribution is -0.139. The molecule has 30 heavy (non-hydrogen) atoms. The van der Waals surface area contributed by atoms with E-state index in [2.05, 4.69) is 11.4 Å². The predicted molar refractivity (Wildman–Crippen MR) is 120 cm³/mol. The smallest absolute Gasteiger partial charge is 0.341 e. The molecule has 0 saturated heterocycles. The quantitative estimate of drug-likeness (QED) is 0.327. The molecule has 0 saturated carbocycles.